The highest BCUT2D eigenvalue weighted by molar-refractivity contribution is 5.63. The third-order valence-corrected chi connectivity index (χ3v) is 7.25. The molecule has 132 valence electrons. The van der Waals surface area contributed by atoms with Crippen LogP contribution in [0.3, 0.4) is 0 Å². The molecule has 0 saturated heterocycles. The third-order valence-electron chi connectivity index (χ3n) is 7.25. The van der Waals surface area contributed by atoms with Crippen LogP contribution in [0.15, 0.2) is 60.8 Å². The van der Waals surface area contributed by atoms with Gasteiger partial charge in [-0.05, 0) is 80.5 Å². The molecule has 0 nitrogen and oxygen atoms in total. The van der Waals surface area contributed by atoms with Crippen LogP contribution in [-0.4, -0.2) is 0 Å². The minimum atomic E-state index is 0.773. The third kappa shape index (κ3) is 2.78. The fourth-order valence-electron chi connectivity index (χ4n) is 5.93. The maximum atomic E-state index is 2.51. The summed E-state index contributed by atoms with van der Waals surface area (Å²) in [5.41, 5.74) is 0. The molecule has 0 aliphatic heterocycles. The second-order valence-corrected chi connectivity index (χ2v) is 8.58. The Kier molecular flexibility index (Phi) is 4.09. The molecule has 6 rings (SSSR count). The van der Waals surface area contributed by atoms with Crippen LogP contribution in [0.25, 0.3) is 0 Å². The van der Waals surface area contributed by atoms with Crippen molar-refractivity contribution in [1.29, 1.82) is 0 Å². The van der Waals surface area contributed by atoms with Gasteiger partial charge in [-0.15, -0.1) is 0 Å². The van der Waals surface area contributed by atoms with Crippen molar-refractivity contribution in [2.45, 2.75) is 19.3 Å². The topological polar surface area (TPSA) is 0 Å². The maximum absolute atomic E-state index is 2.51. The van der Waals surface area contributed by atoms with Crippen LogP contribution in [0.5, 0.6) is 0 Å². The van der Waals surface area contributed by atoms with E-state index in [9.17, 15) is 0 Å². The van der Waals surface area contributed by atoms with E-state index >= 15 is 0 Å². The average molecular weight is 348 g/mol. The van der Waals surface area contributed by atoms with E-state index in [0.29, 0.717) is 0 Å². The Hall–Kier alpha value is -1.30. The summed E-state index contributed by atoms with van der Waals surface area (Å²) < 4.78 is 0. The summed E-state index contributed by atoms with van der Waals surface area (Å²) in [6.07, 6.45) is 35.9. The van der Waals surface area contributed by atoms with Gasteiger partial charge in [0.25, 0.3) is 0 Å². The molecular formula is C27H24. The minimum absolute atomic E-state index is 0.773. The van der Waals surface area contributed by atoms with Gasteiger partial charge in [0.2, 0.25) is 0 Å². The van der Waals surface area contributed by atoms with E-state index < -0.39 is 0 Å². The zero-order chi connectivity index (χ0) is 17.8. The SMILES string of the molecule is [CH]1[CH][C](C[C@H]2[C@H](C[C]3[CH][CH][C]4C=CC=C[C]43)[C@H]3C=C[C@@H]2C3)[C]2C=CC=C[C]12. The summed E-state index contributed by atoms with van der Waals surface area (Å²) in [5, 5.41) is 0. The molecule has 3 fully saturated rings. The van der Waals surface area contributed by atoms with E-state index in [1.54, 1.807) is 11.8 Å². The van der Waals surface area contributed by atoms with Crippen LogP contribution in [0.2, 0.25) is 0 Å². The van der Waals surface area contributed by atoms with Gasteiger partial charge in [-0.3, -0.25) is 0 Å². The van der Waals surface area contributed by atoms with Crippen LogP contribution >= 0.6 is 0 Å². The Morgan fingerprint density at radius 2 is 1.07 bits per heavy atom. The Bertz CT molecular complexity index is 658. The molecule has 0 amide bonds. The number of allylic oxidation sites excluding steroid dienone is 10. The molecule has 6 aliphatic carbocycles. The lowest BCUT2D eigenvalue weighted by Gasteiger charge is -2.34. The molecule has 0 unspecified atom stereocenters. The molecule has 0 aromatic heterocycles. The van der Waals surface area contributed by atoms with Crippen molar-refractivity contribution in [2.24, 2.45) is 23.7 Å². The van der Waals surface area contributed by atoms with Crippen molar-refractivity contribution in [3.05, 3.63) is 122 Å². The Morgan fingerprint density at radius 3 is 1.59 bits per heavy atom. The highest BCUT2D eigenvalue weighted by Gasteiger charge is 2.49. The number of hydrogen-bond acceptors (Lipinski definition) is 0. The van der Waals surface area contributed by atoms with E-state index in [2.05, 4.69) is 86.4 Å². The van der Waals surface area contributed by atoms with Crippen LogP contribution in [0.1, 0.15) is 19.3 Å². The quantitative estimate of drug-likeness (QED) is 0.568. The van der Waals surface area contributed by atoms with Crippen molar-refractivity contribution in [1.82, 2.24) is 0 Å². The first-order chi connectivity index (χ1) is 13.4. The van der Waals surface area contributed by atoms with Crippen LogP contribution in [-0.2, 0) is 0 Å². The number of fused-ring (bicyclic) bond motifs is 4. The molecule has 0 aromatic carbocycles. The molecule has 3 saturated carbocycles. The number of hydrogen-bond donors (Lipinski definition) is 0. The Labute approximate surface area is 165 Å². The summed E-state index contributed by atoms with van der Waals surface area (Å²) in [7, 11) is 0. The molecule has 0 N–H and O–H groups in total. The summed E-state index contributed by atoms with van der Waals surface area (Å²) in [6.45, 7) is 0. The molecule has 6 aliphatic rings. The van der Waals surface area contributed by atoms with Crippen molar-refractivity contribution >= 4 is 0 Å². The lowest BCUT2D eigenvalue weighted by molar-refractivity contribution is 0.290. The largest absolute Gasteiger partial charge is 0.0848 e. The Balaban J connectivity index is 1.18. The average Bonchev–Trinajstić information content (AvgIpc) is 3.48. The first-order valence-corrected chi connectivity index (χ1v) is 10.3. The zero-order valence-electron chi connectivity index (χ0n) is 15.5. The van der Waals surface area contributed by atoms with E-state index in [0.717, 1.165) is 23.7 Å². The Morgan fingerprint density at radius 1 is 0.593 bits per heavy atom. The molecule has 0 heterocycles. The standard InChI is InChI=1S/C27H24/c1-3-7-24-18(5-1)9-11-22(24)16-26-20-13-14-21(15-20)27(26)17-23-12-10-19-6-2-4-8-25(19)23/h1-14,20-21,26-27H,15-17H2/t20-,21+,26-,27-/m1/s1. The van der Waals surface area contributed by atoms with E-state index in [1.807, 2.05) is 0 Å². The lowest BCUT2D eigenvalue weighted by atomic mass is 9.70. The predicted octanol–water partition coefficient (Wildman–Crippen LogP) is 5.75. The second-order valence-electron chi connectivity index (χ2n) is 8.58. The summed E-state index contributed by atoms with van der Waals surface area (Å²) in [4.78, 5) is 0. The van der Waals surface area contributed by atoms with Crippen LogP contribution in [0.4, 0.5) is 0 Å². The molecule has 0 spiro atoms. The normalized spacial score (nSPS) is 39.3. The van der Waals surface area contributed by atoms with Crippen LogP contribution < -0.4 is 0 Å². The van der Waals surface area contributed by atoms with Crippen molar-refractivity contribution in [2.75, 3.05) is 0 Å². The van der Waals surface area contributed by atoms with Gasteiger partial charge in [0.05, 0.1) is 0 Å². The summed E-state index contributed by atoms with van der Waals surface area (Å²) in [5.74, 6) is 11.9. The van der Waals surface area contributed by atoms with Crippen molar-refractivity contribution < 1.29 is 0 Å². The number of rotatable bonds is 4. The monoisotopic (exact) mass is 348 g/mol. The first-order valence-electron chi connectivity index (χ1n) is 10.3. The van der Waals surface area contributed by atoms with Gasteiger partial charge in [0.1, 0.15) is 0 Å². The zero-order valence-corrected chi connectivity index (χ0v) is 15.5. The van der Waals surface area contributed by atoms with Gasteiger partial charge in [-0.25, -0.2) is 0 Å². The van der Waals surface area contributed by atoms with E-state index in [1.165, 1.54) is 42.9 Å². The predicted molar refractivity (Wildman–Crippen MR) is 110 cm³/mol. The molecule has 27 heavy (non-hydrogen) atoms. The lowest BCUT2D eigenvalue weighted by Crippen LogP contribution is -2.25. The second kappa shape index (κ2) is 6.64. The van der Waals surface area contributed by atoms with Crippen LogP contribution in [0, 0.1) is 84.9 Å². The highest BCUT2D eigenvalue weighted by Crippen LogP contribution is 2.58. The van der Waals surface area contributed by atoms with E-state index in [-0.39, 0.29) is 0 Å². The molecule has 0 heteroatoms. The molecule has 4 atom stereocenters. The smallest absolute Gasteiger partial charge is 0.0158 e. The van der Waals surface area contributed by atoms with Crippen molar-refractivity contribution in [3.8, 4) is 0 Å². The van der Waals surface area contributed by atoms with Gasteiger partial charge < -0.3 is 0 Å². The van der Waals surface area contributed by atoms with Gasteiger partial charge >= 0.3 is 0 Å². The van der Waals surface area contributed by atoms with Gasteiger partial charge in [0.15, 0.2) is 0 Å². The fourth-order valence-corrected chi connectivity index (χ4v) is 5.93. The summed E-state index contributed by atoms with van der Waals surface area (Å²) in [6, 6.07) is 0. The maximum Gasteiger partial charge on any atom is 0.0158 e. The molecule has 2 bridgehead atoms. The molecule has 0 aromatic rings. The molecular weight excluding hydrogens is 324 g/mol. The van der Waals surface area contributed by atoms with E-state index in [4.69, 9.17) is 0 Å². The first kappa shape index (κ1) is 16.6. The van der Waals surface area contributed by atoms with Gasteiger partial charge in [0, 0.05) is 23.7 Å². The fraction of sp³-hybridized carbons (Fsp3) is 0.259. The highest BCUT2D eigenvalue weighted by atomic mass is 14.5. The van der Waals surface area contributed by atoms with Gasteiger partial charge in [-0.2, -0.15) is 0 Å². The summed E-state index contributed by atoms with van der Waals surface area (Å²) >= 11 is 0. The van der Waals surface area contributed by atoms with Crippen molar-refractivity contribution in [3.63, 3.8) is 0 Å². The van der Waals surface area contributed by atoms with Gasteiger partial charge in [-0.1, -0.05) is 60.8 Å². The molecule has 10 radical (unpaired) electrons. The minimum Gasteiger partial charge on any atom is -0.0848 e.